The molecule has 1 amide bonds. The minimum absolute atomic E-state index is 0.0102. The topological polar surface area (TPSA) is 72.5 Å². The summed E-state index contributed by atoms with van der Waals surface area (Å²) in [6, 6.07) is 0. The Labute approximate surface area is 178 Å². The number of esters is 1. The third kappa shape index (κ3) is 14.1. The normalized spacial score (nSPS) is 14.5. The summed E-state index contributed by atoms with van der Waals surface area (Å²) in [7, 11) is 3.38. The van der Waals surface area contributed by atoms with Gasteiger partial charge in [-0.3, -0.25) is 14.4 Å². The summed E-state index contributed by atoms with van der Waals surface area (Å²) in [5, 5.41) is 3.03. The van der Waals surface area contributed by atoms with Crippen molar-refractivity contribution in [2.45, 2.75) is 72.0 Å². The molecular formula is C21H37NO4S2. The van der Waals surface area contributed by atoms with Gasteiger partial charge in [-0.05, 0) is 26.7 Å². The van der Waals surface area contributed by atoms with Crippen LogP contribution in [0.15, 0.2) is 12.2 Å². The highest BCUT2D eigenvalue weighted by Gasteiger charge is 2.15. The maximum Gasteiger partial charge on any atom is 0.308 e. The molecule has 0 aliphatic carbocycles. The van der Waals surface area contributed by atoms with Crippen LogP contribution in [0.3, 0.4) is 0 Å². The number of carbonyl (C=O) groups excluding carboxylic acids is 3. The van der Waals surface area contributed by atoms with E-state index >= 15 is 0 Å². The molecule has 0 saturated heterocycles. The summed E-state index contributed by atoms with van der Waals surface area (Å²) in [6.45, 7) is 10.6. The van der Waals surface area contributed by atoms with Crippen LogP contribution in [0.5, 0.6) is 0 Å². The zero-order valence-electron chi connectivity index (χ0n) is 18.0. The van der Waals surface area contributed by atoms with Crippen molar-refractivity contribution in [3.63, 3.8) is 0 Å². The molecule has 0 fully saturated rings. The maximum absolute atomic E-state index is 11.8. The SMILES string of the molecule is CC=CC(C)C(=O)CCNC(=O)CCCSSC(C)COC(=O)C(C)CCC. The van der Waals surface area contributed by atoms with Gasteiger partial charge in [0.1, 0.15) is 12.4 Å². The van der Waals surface area contributed by atoms with Gasteiger partial charge in [0, 0.05) is 36.3 Å². The highest BCUT2D eigenvalue weighted by molar-refractivity contribution is 8.76. The zero-order chi connectivity index (χ0) is 21.4. The van der Waals surface area contributed by atoms with Gasteiger partial charge in [0.05, 0.1) is 5.92 Å². The fourth-order valence-corrected chi connectivity index (χ4v) is 4.63. The van der Waals surface area contributed by atoms with Crippen molar-refractivity contribution >= 4 is 39.2 Å². The number of allylic oxidation sites excluding steroid dienone is 2. The molecule has 0 rings (SSSR count). The molecule has 0 saturated carbocycles. The molecule has 28 heavy (non-hydrogen) atoms. The molecule has 1 N–H and O–H groups in total. The summed E-state index contributed by atoms with van der Waals surface area (Å²) in [5.74, 6) is 0.754. The Bertz CT molecular complexity index is 497. The number of nitrogens with one attached hydrogen (secondary N) is 1. The van der Waals surface area contributed by atoms with Crippen molar-refractivity contribution in [2.75, 3.05) is 18.9 Å². The lowest BCUT2D eigenvalue weighted by molar-refractivity contribution is -0.148. The van der Waals surface area contributed by atoms with Gasteiger partial charge < -0.3 is 10.1 Å². The first-order valence-electron chi connectivity index (χ1n) is 10.2. The van der Waals surface area contributed by atoms with Crippen molar-refractivity contribution in [1.29, 1.82) is 0 Å². The first-order chi connectivity index (χ1) is 13.3. The molecule has 3 unspecified atom stereocenters. The first kappa shape index (κ1) is 27.0. The third-order valence-corrected chi connectivity index (χ3v) is 7.08. The summed E-state index contributed by atoms with van der Waals surface area (Å²) in [4.78, 5) is 35.4. The van der Waals surface area contributed by atoms with E-state index in [1.807, 2.05) is 39.8 Å². The number of carbonyl (C=O) groups is 3. The minimum atomic E-state index is -0.116. The second kappa shape index (κ2) is 17.0. The maximum atomic E-state index is 11.8. The van der Waals surface area contributed by atoms with E-state index in [1.54, 1.807) is 21.6 Å². The van der Waals surface area contributed by atoms with Crippen LogP contribution in [0, 0.1) is 11.8 Å². The van der Waals surface area contributed by atoms with Crippen LogP contribution in [0.4, 0.5) is 0 Å². The molecule has 0 spiro atoms. The lowest BCUT2D eigenvalue weighted by Gasteiger charge is -2.14. The molecule has 0 heterocycles. The van der Waals surface area contributed by atoms with E-state index < -0.39 is 0 Å². The Morgan fingerprint density at radius 3 is 2.50 bits per heavy atom. The number of Topliss-reactive ketones (excluding diaryl/α,β-unsaturated/α-hetero) is 1. The van der Waals surface area contributed by atoms with Gasteiger partial charge in [0.25, 0.3) is 0 Å². The van der Waals surface area contributed by atoms with Crippen LogP contribution in [-0.4, -0.2) is 41.8 Å². The van der Waals surface area contributed by atoms with Crippen LogP contribution < -0.4 is 5.32 Å². The number of rotatable bonds is 16. The number of amides is 1. The number of hydrogen-bond donors (Lipinski definition) is 1. The van der Waals surface area contributed by atoms with Crippen molar-refractivity contribution in [1.82, 2.24) is 5.32 Å². The van der Waals surface area contributed by atoms with E-state index in [9.17, 15) is 14.4 Å². The van der Waals surface area contributed by atoms with Crippen LogP contribution >= 0.6 is 21.6 Å². The molecule has 5 nitrogen and oxygen atoms in total. The highest BCUT2D eigenvalue weighted by Crippen LogP contribution is 2.28. The zero-order valence-corrected chi connectivity index (χ0v) is 19.6. The average molecular weight is 432 g/mol. The summed E-state index contributed by atoms with van der Waals surface area (Å²) < 4.78 is 5.34. The van der Waals surface area contributed by atoms with Gasteiger partial charge in [-0.25, -0.2) is 0 Å². The molecule has 0 aliphatic rings. The Hall–Kier alpha value is -0.950. The molecule has 3 atom stereocenters. The second-order valence-electron chi connectivity index (χ2n) is 7.03. The average Bonchev–Trinajstić information content (AvgIpc) is 2.65. The molecule has 162 valence electrons. The van der Waals surface area contributed by atoms with E-state index in [1.165, 1.54) is 0 Å². The molecule has 0 aliphatic heterocycles. The summed E-state index contributed by atoms with van der Waals surface area (Å²) >= 11 is 0. The van der Waals surface area contributed by atoms with Crippen molar-refractivity contribution < 1.29 is 19.1 Å². The van der Waals surface area contributed by atoms with Crippen molar-refractivity contribution in [3.8, 4) is 0 Å². The first-order valence-corrected chi connectivity index (χ1v) is 12.6. The Morgan fingerprint density at radius 2 is 1.86 bits per heavy atom. The van der Waals surface area contributed by atoms with E-state index in [-0.39, 0.29) is 34.7 Å². The monoisotopic (exact) mass is 431 g/mol. The quantitative estimate of drug-likeness (QED) is 0.164. The van der Waals surface area contributed by atoms with Gasteiger partial charge in [0.2, 0.25) is 5.91 Å². The molecule has 0 aromatic rings. The van der Waals surface area contributed by atoms with Gasteiger partial charge in [-0.1, -0.05) is 60.9 Å². The third-order valence-electron chi connectivity index (χ3n) is 4.13. The van der Waals surface area contributed by atoms with Crippen LogP contribution in [0.1, 0.15) is 66.7 Å². The van der Waals surface area contributed by atoms with Gasteiger partial charge >= 0.3 is 5.97 Å². The lowest BCUT2D eigenvalue weighted by atomic mass is 10.0. The largest absolute Gasteiger partial charge is 0.464 e. The van der Waals surface area contributed by atoms with Gasteiger partial charge in [-0.2, -0.15) is 0 Å². The molecule has 7 heteroatoms. The fourth-order valence-electron chi connectivity index (χ4n) is 2.41. The number of ether oxygens (including phenoxy) is 1. The Balaban J connectivity index is 3.69. The summed E-state index contributed by atoms with van der Waals surface area (Å²) in [5.41, 5.74) is 0. The van der Waals surface area contributed by atoms with E-state index in [4.69, 9.17) is 4.74 Å². The standard InChI is InChI=1S/C21H37NO4S2/c1-6-9-16(3)19(23)12-13-22-20(24)11-8-14-27-28-18(5)15-26-21(25)17(4)10-7-2/h6,9,16-18H,7-8,10-15H2,1-5H3,(H,22,24). The van der Waals surface area contributed by atoms with Crippen LogP contribution in [-0.2, 0) is 19.1 Å². The van der Waals surface area contributed by atoms with Crippen molar-refractivity contribution in [2.24, 2.45) is 11.8 Å². The van der Waals surface area contributed by atoms with Gasteiger partial charge in [-0.15, -0.1) is 0 Å². The predicted molar refractivity (Wildman–Crippen MR) is 120 cm³/mol. The van der Waals surface area contributed by atoms with Crippen LogP contribution in [0.25, 0.3) is 0 Å². The predicted octanol–water partition coefficient (Wildman–Crippen LogP) is 4.80. The highest BCUT2D eigenvalue weighted by atomic mass is 33.1. The second-order valence-corrected chi connectivity index (χ2v) is 9.96. The smallest absolute Gasteiger partial charge is 0.308 e. The Morgan fingerprint density at radius 1 is 1.14 bits per heavy atom. The van der Waals surface area contributed by atoms with Crippen molar-refractivity contribution in [3.05, 3.63) is 12.2 Å². The summed E-state index contributed by atoms with van der Waals surface area (Å²) in [6.07, 6.45) is 7.20. The molecule has 0 bridgehead atoms. The van der Waals surface area contributed by atoms with E-state index in [0.29, 0.717) is 26.0 Å². The molecule has 0 aromatic heterocycles. The molecule has 0 aromatic carbocycles. The van der Waals surface area contributed by atoms with E-state index in [2.05, 4.69) is 12.2 Å². The van der Waals surface area contributed by atoms with Crippen LogP contribution in [0.2, 0.25) is 0 Å². The number of hydrogen-bond acceptors (Lipinski definition) is 6. The Kier molecular flexibility index (Phi) is 16.4. The molecular weight excluding hydrogens is 394 g/mol. The fraction of sp³-hybridized carbons (Fsp3) is 0.762. The van der Waals surface area contributed by atoms with E-state index in [0.717, 1.165) is 25.0 Å². The number of ketones is 1. The minimum Gasteiger partial charge on any atom is -0.464 e. The molecule has 0 radical (unpaired) electrons. The van der Waals surface area contributed by atoms with Gasteiger partial charge in [0.15, 0.2) is 0 Å². The lowest BCUT2D eigenvalue weighted by Crippen LogP contribution is -2.26.